The smallest absolute Gasteiger partial charge is 0.182 e. The Bertz CT molecular complexity index is 3280. The van der Waals surface area contributed by atoms with E-state index in [2.05, 4.69) is 461 Å². The zero-order chi connectivity index (χ0) is 89.6. The number of rotatable bonds is 0. The van der Waals surface area contributed by atoms with Crippen LogP contribution in [0.5, 0.6) is 0 Å². The fourth-order valence-electron chi connectivity index (χ4n) is 14.9. The van der Waals surface area contributed by atoms with Gasteiger partial charge < -0.3 is 38.7 Å². The summed E-state index contributed by atoms with van der Waals surface area (Å²) >= 11 is 3.76. The molecule has 0 N–H and O–H groups in total. The average molecular weight is 1590 g/mol. The fraction of sp³-hybridized carbons (Fsp3) is 0.882. The van der Waals surface area contributed by atoms with Crippen LogP contribution in [-0.2, 0) is 14.2 Å². The summed E-state index contributed by atoms with van der Waals surface area (Å²) in [6.07, 6.45) is 0. The number of nitrogens with zero attached hydrogens (tertiary/aromatic N) is 13. The molecule has 3 fully saturated rings. The molecule has 18 heteroatoms. The standard InChI is InChI=1S/C13H27N.C11H21N.C10H20N2.2C9H18N2.C9H17NO.2C8H15NO.2C8H15NS/c1-10(2)11(3,4)13(7,8)14(9)12(10,5)6;1-8-9(2,3)10(4,5)11(6,7)12-8;1-8-11(6)9(2,3)10(4,5)12(8)7;2*1-7-10-8(2,3)9(4,5)11(7)6;1-7-10(6)8(2,3)9(4,5)11-7;4*1-6-9-7(2,3)8(4,5)10-6/h1-9H3;1-7H3;1H2,2-7H3;2*1-6H3;1H2,2-6H3;4*1-5H3. The lowest BCUT2D eigenvalue weighted by Crippen LogP contribution is -2.52. The summed E-state index contributed by atoms with van der Waals surface area (Å²) in [5.41, 5.74) is 3.38. The van der Waals surface area contributed by atoms with Gasteiger partial charge in [0.2, 0.25) is 0 Å². The topological polar surface area (TPSA) is 134 Å². The highest BCUT2D eigenvalue weighted by Crippen LogP contribution is 2.63. The molecule has 10 heterocycles. The summed E-state index contributed by atoms with van der Waals surface area (Å²) in [5.74, 6) is 5.75. The maximum atomic E-state index is 5.61. The monoisotopic (exact) mass is 1590 g/mol. The molecule has 0 aliphatic carbocycles. The normalized spacial score (nSPS) is 28.4. The molecule has 10 rings (SSSR count). The molecule has 0 bridgehead atoms. The molecule has 0 atom stereocenters. The van der Waals surface area contributed by atoms with Crippen molar-refractivity contribution in [2.75, 3.05) is 42.3 Å². The molecule has 0 radical (unpaired) electrons. The Balaban J connectivity index is 0.000000618. The number of aliphatic imine (C=N–C) groups is 7. The van der Waals surface area contributed by atoms with Crippen molar-refractivity contribution in [3.63, 3.8) is 0 Å². The molecular formula is C93H181N13O3S2. The van der Waals surface area contributed by atoms with Crippen LogP contribution >= 0.6 is 23.5 Å². The van der Waals surface area contributed by atoms with Crippen molar-refractivity contribution < 1.29 is 14.2 Å². The Kier molecular flexibility index (Phi) is 30.5. The molecule has 111 heavy (non-hydrogen) atoms. The minimum atomic E-state index is -0.142. The van der Waals surface area contributed by atoms with Crippen LogP contribution in [0.1, 0.15) is 367 Å². The summed E-state index contributed by atoms with van der Waals surface area (Å²) in [5, 5.41) is 2.44. The van der Waals surface area contributed by atoms with Crippen LogP contribution in [0.25, 0.3) is 0 Å². The zero-order valence-corrected chi connectivity index (χ0v) is 85.9. The molecular weight excluding hydrogens is 1410 g/mol. The van der Waals surface area contributed by atoms with Crippen LogP contribution in [0.15, 0.2) is 59.8 Å². The van der Waals surface area contributed by atoms with Gasteiger partial charge in [-0.25, -0.2) is 9.98 Å². The summed E-state index contributed by atoms with van der Waals surface area (Å²) in [6.45, 7) is 124. The predicted molar refractivity (Wildman–Crippen MR) is 498 cm³/mol. The van der Waals surface area contributed by atoms with Gasteiger partial charge in [-0.2, -0.15) is 0 Å². The van der Waals surface area contributed by atoms with E-state index in [0.29, 0.717) is 10.8 Å². The van der Waals surface area contributed by atoms with Crippen molar-refractivity contribution in [2.24, 2.45) is 56.6 Å². The van der Waals surface area contributed by atoms with E-state index in [0.717, 1.165) is 35.2 Å². The first-order chi connectivity index (χ1) is 48.0. The van der Waals surface area contributed by atoms with Crippen molar-refractivity contribution in [1.29, 1.82) is 0 Å². The third-order valence-corrected chi connectivity index (χ3v) is 36.3. The Morgan fingerprint density at radius 3 is 0.604 bits per heavy atom. The minimum absolute atomic E-state index is 0.0318. The van der Waals surface area contributed by atoms with Gasteiger partial charge in [0.05, 0.1) is 94.0 Å². The van der Waals surface area contributed by atoms with E-state index < -0.39 is 0 Å². The van der Waals surface area contributed by atoms with Gasteiger partial charge in [0.25, 0.3) is 0 Å². The van der Waals surface area contributed by atoms with Crippen LogP contribution in [0.4, 0.5) is 0 Å². The van der Waals surface area contributed by atoms with E-state index in [4.69, 9.17) is 19.2 Å². The molecule has 0 aromatic carbocycles. The Morgan fingerprint density at radius 1 is 0.261 bits per heavy atom. The summed E-state index contributed by atoms with van der Waals surface area (Å²) in [6, 6.07) is 0. The van der Waals surface area contributed by atoms with Crippen LogP contribution in [0.3, 0.4) is 0 Å². The number of hydrogen-bond donors (Lipinski definition) is 0. The van der Waals surface area contributed by atoms with Gasteiger partial charge in [-0.15, -0.1) is 23.5 Å². The van der Waals surface area contributed by atoms with Crippen LogP contribution in [0, 0.1) is 21.7 Å². The van der Waals surface area contributed by atoms with Gasteiger partial charge in [-0.1, -0.05) is 62.0 Å². The number of likely N-dealkylation sites (tertiary alicyclic amines) is 1. The maximum Gasteiger partial charge on any atom is 0.182 e. The average Bonchev–Trinajstić information content (AvgIpc) is 1.53. The lowest BCUT2D eigenvalue weighted by Gasteiger charge is -2.45. The Hall–Kier alpha value is -3.77. The number of thioether (sulfide) groups is 2. The van der Waals surface area contributed by atoms with Crippen molar-refractivity contribution in [1.82, 2.24) is 29.4 Å². The molecule has 0 aromatic heterocycles. The maximum absolute atomic E-state index is 5.61. The second kappa shape index (κ2) is 32.2. The lowest BCUT2D eigenvalue weighted by molar-refractivity contribution is 0.0325. The molecule has 0 aromatic rings. The number of ether oxygens (including phenoxy) is 3. The molecule has 0 saturated carbocycles. The van der Waals surface area contributed by atoms with Crippen molar-refractivity contribution in [2.45, 2.75) is 471 Å². The summed E-state index contributed by atoms with van der Waals surface area (Å²) < 4.78 is 17.2. The van der Waals surface area contributed by atoms with Gasteiger partial charge in [-0.3, -0.25) is 29.9 Å². The Morgan fingerprint density at radius 2 is 0.541 bits per heavy atom. The quantitative estimate of drug-likeness (QED) is 0.229. The minimum Gasteiger partial charge on any atom is -0.473 e. The van der Waals surface area contributed by atoms with E-state index in [1.54, 1.807) is 0 Å². The van der Waals surface area contributed by atoms with E-state index in [1.165, 1.54) is 15.8 Å². The summed E-state index contributed by atoms with van der Waals surface area (Å²) in [4.78, 5) is 45.4. The first kappa shape index (κ1) is 105. The molecule has 0 amide bonds. The highest BCUT2D eigenvalue weighted by Gasteiger charge is 2.66. The fourth-order valence-corrected chi connectivity index (χ4v) is 17.5. The highest BCUT2D eigenvalue weighted by molar-refractivity contribution is 8.15. The first-order valence-corrected chi connectivity index (χ1v) is 42.9. The lowest BCUT2D eigenvalue weighted by atomic mass is 9.57. The molecule has 10 aliphatic rings. The molecule has 10 aliphatic heterocycles. The van der Waals surface area contributed by atoms with Crippen molar-refractivity contribution >= 4 is 62.8 Å². The third-order valence-electron chi connectivity index (χ3n) is 33.5. The number of amidine groups is 2. The third kappa shape index (κ3) is 19.8. The molecule has 648 valence electrons. The second-order valence-electron chi connectivity index (χ2n) is 45.1. The number of hydrogen-bond acceptors (Lipinski definition) is 18. The van der Waals surface area contributed by atoms with Gasteiger partial charge in [0.1, 0.15) is 16.8 Å². The molecule has 3 saturated heterocycles. The predicted octanol–water partition coefficient (Wildman–Crippen LogP) is 23.9. The van der Waals surface area contributed by atoms with E-state index in [1.807, 2.05) is 44.4 Å². The van der Waals surface area contributed by atoms with Crippen LogP contribution < -0.4 is 0 Å². The highest BCUT2D eigenvalue weighted by atomic mass is 32.2. The van der Waals surface area contributed by atoms with E-state index in [-0.39, 0.29) is 115 Å². The summed E-state index contributed by atoms with van der Waals surface area (Å²) in [7, 11) is 12.7. The van der Waals surface area contributed by atoms with Gasteiger partial charge >= 0.3 is 0 Å². The second-order valence-corrected chi connectivity index (χ2v) is 48.7. The number of likely N-dealkylation sites (N-methyl/N-ethyl adjacent to an activating group) is 5. The zero-order valence-electron chi connectivity index (χ0n) is 84.3. The van der Waals surface area contributed by atoms with E-state index >= 15 is 0 Å². The van der Waals surface area contributed by atoms with Gasteiger partial charge in [0, 0.05) is 80.8 Å². The van der Waals surface area contributed by atoms with Gasteiger partial charge in [-0.05, 0) is 328 Å². The van der Waals surface area contributed by atoms with Crippen LogP contribution in [0.2, 0.25) is 0 Å². The largest absolute Gasteiger partial charge is 0.473 e. The van der Waals surface area contributed by atoms with E-state index in [9.17, 15) is 0 Å². The molecule has 16 nitrogen and oxygen atoms in total. The molecule has 0 spiro atoms. The SMILES string of the molecule is C=C1N(C)C(C)(C)C(C)(C)N1C.C=C1OC(C)(C)C(C)(C)N1C.CC1=NC(C)(C)C(C)(C)C1(C)C.CC1=NC(C)(C)C(C)(C)N1C.CC1=NC(C)(C)C(C)(C)N1C.CC1=NC(C)(C)C(C)(C)O1.CC1=NC(C)(C)C(C)(C)O1.CC1=NC(C)(C)C(C)(C)S1.CC1=NC(C)(C)C(C)(C)S1.CN1C(C)(C)C(C)(C)C(C)(C)C1(C)C. The Labute approximate surface area is 696 Å². The molecule has 0 unspecified atom stereocenters. The van der Waals surface area contributed by atoms with Crippen molar-refractivity contribution in [3.05, 3.63) is 24.9 Å². The van der Waals surface area contributed by atoms with Gasteiger partial charge in [0.15, 0.2) is 17.7 Å². The first-order valence-electron chi connectivity index (χ1n) is 41.2. The van der Waals surface area contributed by atoms with Crippen LogP contribution in [-0.4, -0.2) is 215 Å². The van der Waals surface area contributed by atoms with Crippen molar-refractivity contribution in [3.8, 4) is 0 Å².